The highest BCUT2D eigenvalue weighted by Crippen LogP contribution is 2.38. The molecule has 14 heteroatoms. The van der Waals surface area contributed by atoms with Crippen molar-refractivity contribution < 1.29 is 27.1 Å². The van der Waals surface area contributed by atoms with Crippen molar-refractivity contribution in [3.8, 4) is 23.2 Å². The summed E-state index contributed by atoms with van der Waals surface area (Å²) >= 11 is 11.7. The molecule has 182 valence electrons. The maximum atomic E-state index is 13.3. The SMILES string of the molecule is CC(NC(=O)Nc1cc(OC(F)(F)C(F)F)c(Cl)cc1Cl)c1nccnc1-c1ccc(C#N)cn1. The fourth-order valence-corrected chi connectivity index (χ4v) is 3.25. The van der Waals surface area contributed by atoms with E-state index in [1.165, 1.54) is 18.6 Å². The predicted molar refractivity (Wildman–Crippen MR) is 119 cm³/mol. The second-order valence-corrected chi connectivity index (χ2v) is 7.70. The van der Waals surface area contributed by atoms with Crippen LogP contribution in [0.5, 0.6) is 5.75 Å². The summed E-state index contributed by atoms with van der Waals surface area (Å²) < 4.78 is 55.5. The molecule has 2 heterocycles. The van der Waals surface area contributed by atoms with Gasteiger partial charge in [-0.2, -0.15) is 22.8 Å². The molecular weight excluding hydrogens is 515 g/mol. The number of benzene rings is 1. The molecule has 0 fully saturated rings. The van der Waals surface area contributed by atoms with Crippen molar-refractivity contribution in [3.05, 3.63) is 64.2 Å². The Bertz CT molecular complexity index is 1270. The summed E-state index contributed by atoms with van der Waals surface area (Å²) in [6.45, 7) is 1.60. The zero-order valence-electron chi connectivity index (χ0n) is 17.6. The number of alkyl halides is 4. The fraction of sp³-hybridized carbons (Fsp3) is 0.190. The lowest BCUT2D eigenvalue weighted by Crippen LogP contribution is -2.34. The molecule has 0 spiro atoms. The molecule has 2 aromatic heterocycles. The number of ether oxygens (including phenoxy) is 1. The number of nitriles is 1. The van der Waals surface area contributed by atoms with Crippen molar-refractivity contribution in [2.24, 2.45) is 0 Å². The van der Waals surface area contributed by atoms with Crippen molar-refractivity contribution >= 4 is 34.9 Å². The van der Waals surface area contributed by atoms with Gasteiger partial charge in [-0.05, 0) is 25.1 Å². The average molecular weight is 529 g/mol. The lowest BCUT2D eigenvalue weighted by molar-refractivity contribution is -0.253. The second-order valence-electron chi connectivity index (χ2n) is 6.88. The largest absolute Gasteiger partial charge is 0.461 e. The molecule has 2 amide bonds. The van der Waals surface area contributed by atoms with Crippen LogP contribution in [-0.2, 0) is 0 Å². The molecule has 0 saturated carbocycles. The lowest BCUT2D eigenvalue weighted by Gasteiger charge is -2.20. The number of pyridine rings is 1. The Balaban J connectivity index is 1.78. The zero-order valence-corrected chi connectivity index (χ0v) is 19.1. The number of nitrogens with zero attached hydrogens (tertiary/aromatic N) is 4. The van der Waals surface area contributed by atoms with Crippen molar-refractivity contribution in [2.45, 2.75) is 25.5 Å². The van der Waals surface area contributed by atoms with E-state index in [9.17, 15) is 22.4 Å². The summed E-state index contributed by atoms with van der Waals surface area (Å²) in [6, 6.07) is 5.25. The first-order chi connectivity index (χ1) is 16.5. The van der Waals surface area contributed by atoms with Gasteiger partial charge in [-0.25, -0.2) is 4.79 Å². The topological polar surface area (TPSA) is 113 Å². The normalized spacial score (nSPS) is 12.1. The third kappa shape index (κ3) is 6.26. The Morgan fingerprint density at radius 2 is 1.86 bits per heavy atom. The number of carbonyl (C=O) groups is 1. The maximum Gasteiger partial charge on any atom is 0.461 e. The summed E-state index contributed by atoms with van der Waals surface area (Å²) in [5, 5.41) is 13.2. The van der Waals surface area contributed by atoms with Gasteiger partial charge in [0, 0.05) is 24.7 Å². The average Bonchev–Trinajstić information content (AvgIpc) is 2.82. The van der Waals surface area contributed by atoms with Gasteiger partial charge in [0.25, 0.3) is 0 Å². The summed E-state index contributed by atoms with van der Waals surface area (Å²) in [4.78, 5) is 25.2. The quantitative estimate of drug-likeness (QED) is 0.372. The van der Waals surface area contributed by atoms with E-state index in [0.717, 1.165) is 12.1 Å². The van der Waals surface area contributed by atoms with E-state index < -0.39 is 35.4 Å². The van der Waals surface area contributed by atoms with Gasteiger partial charge >= 0.3 is 18.6 Å². The van der Waals surface area contributed by atoms with Crippen LogP contribution in [0.4, 0.5) is 28.0 Å². The van der Waals surface area contributed by atoms with Gasteiger partial charge in [0.1, 0.15) is 17.5 Å². The van der Waals surface area contributed by atoms with Crippen molar-refractivity contribution in [1.29, 1.82) is 5.26 Å². The van der Waals surface area contributed by atoms with Gasteiger partial charge in [-0.15, -0.1) is 0 Å². The third-order valence-corrected chi connectivity index (χ3v) is 5.00. The molecule has 0 aliphatic carbocycles. The minimum Gasteiger partial charge on any atom is -0.427 e. The number of aromatic nitrogens is 3. The molecule has 35 heavy (non-hydrogen) atoms. The Hall–Kier alpha value is -3.69. The van der Waals surface area contributed by atoms with E-state index in [1.54, 1.807) is 19.1 Å². The summed E-state index contributed by atoms with van der Waals surface area (Å²) in [7, 11) is 0. The second kappa shape index (κ2) is 10.7. The van der Waals surface area contributed by atoms with Gasteiger partial charge in [-0.3, -0.25) is 15.0 Å². The first-order valence-corrected chi connectivity index (χ1v) is 10.4. The molecule has 0 aliphatic heterocycles. The Morgan fingerprint density at radius 1 is 1.14 bits per heavy atom. The van der Waals surface area contributed by atoms with Crippen LogP contribution in [0.1, 0.15) is 24.2 Å². The molecule has 1 aromatic carbocycles. The number of amides is 2. The fourth-order valence-electron chi connectivity index (χ4n) is 2.78. The molecule has 1 unspecified atom stereocenters. The zero-order chi connectivity index (χ0) is 25.8. The van der Waals surface area contributed by atoms with Crippen LogP contribution in [0.15, 0.2) is 42.9 Å². The van der Waals surface area contributed by atoms with Crippen LogP contribution >= 0.6 is 23.2 Å². The number of nitrogens with one attached hydrogen (secondary N) is 2. The summed E-state index contributed by atoms with van der Waals surface area (Å²) in [5.41, 5.74) is 1.21. The van der Waals surface area contributed by atoms with E-state index in [-0.39, 0.29) is 10.7 Å². The summed E-state index contributed by atoms with van der Waals surface area (Å²) in [5.74, 6) is -0.812. The van der Waals surface area contributed by atoms with Gasteiger partial charge in [0.05, 0.1) is 38.7 Å². The molecule has 8 nitrogen and oxygen atoms in total. The Kier molecular flexibility index (Phi) is 7.93. The highest BCUT2D eigenvalue weighted by Gasteiger charge is 2.44. The van der Waals surface area contributed by atoms with E-state index >= 15 is 0 Å². The van der Waals surface area contributed by atoms with Crippen LogP contribution in [0, 0.1) is 11.3 Å². The molecule has 0 bridgehead atoms. The molecule has 3 aromatic rings. The molecule has 0 aliphatic rings. The molecule has 3 rings (SSSR count). The number of anilines is 1. The molecular formula is C21H14Cl2F4N6O2. The van der Waals surface area contributed by atoms with Gasteiger partial charge in [0.15, 0.2) is 0 Å². The van der Waals surface area contributed by atoms with Crippen LogP contribution in [0.25, 0.3) is 11.4 Å². The lowest BCUT2D eigenvalue weighted by atomic mass is 10.1. The maximum absolute atomic E-state index is 13.3. The third-order valence-electron chi connectivity index (χ3n) is 4.39. The summed E-state index contributed by atoms with van der Waals surface area (Å²) in [6.07, 6.45) is -4.73. The van der Waals surface area contributed by atoms with E-state index in [0.29, 0.717) is 22.6 Å². The number of hydrogen-bond donors (Lipinski definition) is 2. The van der Waals surface area contributed by atoms with Crippen LogP contribution in [0.2, 0.25) is 10.0 Å². The highest BCUT2D eigenvalue weighted by molar-refractivity contribution is 6.37. The van der Waals surface area contributed by atoms with Gasteiger partial charge < -0.3 is 15.4 Å². The molecule has 2 N–H and O–H groups in total. The Labute approximate surface area is 205 Å². The van der Waals surface area contributed by atoms with Crippen molar-refractivity contribution in [3.63, 3.8) is 0 Å². The smallest absolute Gasteiger partial charge is 0.427 e. The van der Waals surface area contributed by atoms with Crippen LogP contribution in [-0.4, -0.2) is 33.5 Å². The van der Waals surface area contributed by atoms with Gasteiger partial charge in [-0.1, -0.05) is 23.2 Å². The standard InChI is InChI=1S/C21H14Cl2F4N6O2/c1-10(17-18(30-5-4-29-17)14-3-2-11(8-28)9-31-14)32-20(34)33-15-7-16(13(23)6-12(15)22)35-21(26,27)19(24)25/h2-7,9-10,19H,1H3,(H2,32,33,34). The number of halogens is 6. The van der Waals surface area contributed by atoms with Crippen LogP contribution in [0.3, 0.4) is 0 Å². The molecule has 0 radical (unpaired) electrons. The monoisotopic (exact) mass is 528 g/mol. The minimum absolute atomic E-state index is 0.160. The highest BCUT2D eigenvalue weighted by atomic mass is 35.5. The van der Waals surface area contributed by atoms with Gasteiger partial charge in [0.2, 0.25) is 0 Å². The Morgan fingerprint density at radius 3 is 2.49 bits per heavy atom. The number of hydrogen-bond acceptors (Lipinski definition) is 6. The molecule has 0 saturated heterocycles. The van der Waals surface area contributed by atoms with E-state index in [4.69, 9.17) is 28.5 Å². The van der Waals surface area contributed by atoms with E-state index in [2.05, 4.69) is 30.3 Å². The van der Waals surface area contributed by atoms with Crippen molar-refractivity contribution in [2.75, 3.05) is 5.32 Å². The van der Waals surface area contributed by atoms with Crippen molar-refractivity contribution in [1.82, 2.24) is 20.3 Å². The van der Waals surface area contributed by atoms with Crippen LogP contribution < -0.4 is 15.4 Å². The first kappa shape index (κ1) is 25.9. The predicted octanol–water partition coefficient (Wildman–Crippen LogP) is 5.84. The number of urea groups is 1. The number of carbonyl (C=O) groups excluding carboxylic acids is 1. The molecule has 1 atom stereocenters. The van der Waals surface area contributed by atoms with E-state index in [1.807, 2.05) is 6.07 Å². The minimum atomic E-state index is -4.81. The number of rotatable bonds is 7. The first-order valence-electron chi connectivity index (χ1n) is 9.60.